The molecule has 1 saturated heterocycles. The number of rotatable bonds is 9. The van der Waals surface area contributed by atoms with Gasteiger partial charge in [0.05, 0.1) is 13.2 Å². The lowest BCUT2D eigenvalue weighted by Gasteiger charge is -2.30. The third-order valence-corrected chi connectivity index (χ3v) is 5.49. The maximum Gasteiger partial charge on any atom is 0.339 e. The van der Waals surface area contributed by atoms with E-state index in [4.69, 9.17) is 23.0 Å². The van der Waals surface area contributed by atoms with Crippen LogP contribution in [0.25, 0.3) is 0 Å². The van der Waals surface area contributed by atoms with Gasteiger partial charge in [0, 0.05) is 6.04 Å². The van der Waals surface area contributed by atoms with E-state index in [1.807, 2.05) is 56.3 Å². The Labute approximate surface area is 167 Å². The van der Waals surface area contributed by atoms with Crippen molar-refractivity contribution in [2.45, 2.75) is 45.1 Å². The predicted molar refractivity (Wildman–Crippen MR) is 103 cm³/mol. The van der Waals surface area contributed by atoms with Gasteiger partial charge in [0.2, 0.25) is 12.2 Å². The zero-order chi connectivity index (χ0) is 20.7. The normalized spacial score (nSPS) is 22.1. The van der Waals surface area contributed by atoms with Crippen LogP contribution in [0.2, 0.25) is 0 Å². The molecule has 1 fully saturated rings. The summed E-state index contributed by atoms with van der Waals surface area (Å²) in [6.07, 6.45) is -2.81. The highest BCUT2D eigenvalue weighted by Crippen LogP contribution is 2.53. The summed E-state index contributed by atoms with van der Waals surface area (Å²) < 4.78 is 27.4. The molecule has 0 spiro atoms. The molecular weight excluding hydrogens is 385 g/mol. The van der Waals surface area contributed by atoms with E-state index in [9.17, 15) is 9.59 Å². The summed E-state index contributed by atoms with van der Waals surface area (Å²) in [5.74, 6) is -1.35. The van der Waals surface area contributed by atoms with Gasteiger partial charge in [-0.1, -0.05) is 30.3 Å². The standard InChI is InChI=1S/C19H28NO7P/c1-6-23-18(21)16-17(19(22)24-7-2)27-28(26-16)25-15(13(3)20(4)5)14-11-9-8-10-12-14/h8-13,15-17H,6-7H2,1-5H3/t13-,15-,16-,17-/m1/s1. The maximum atomic E-state index is 12.2. The Morgan fingerprint density at radius 2 is 1.54 bits per heavy atom. The van der Waals surface area contributed by atoms with Crippen LogP contribution in [0.3, 0.4) is 0 Å². The minimum Gasteiger partial charge on any atom is -0.464 e. The van der Waals surface area contributed by atoms with E-state index in [0.717, 1.165) is 5.56 Å². The van der Waals surface area contributed by atoms with Crippen LogP contribution in [0.15, 0.2) is 30.3 Å². The molecule has 0 N–H and O–H groups in total. The lowest BCUT2D eigenvalue weighted by Crippen LogP contribution is -2.39. The number of hydrogen-bond donors (Lipinski definition) is 0. The summed E-state index contributed by atoms with van der Waals surface area (Å²) in [7, 11) is 1.92. The smallest absolute Gasteiger partial charge is 0.339 e. The van der Waals surface area contributed by atoms with Crippen molar-refractivity contribution in [3.05, 3.63) is 35.9 Å². The quantitative estimate of drug-likeness (QED) is 0.452. The number of hydrogen-bond acceptors (Lipinski definition) is 8. The second kappa shape index (κ2) is 10.8. The number of benzene rings is 1. The molecule has 9 heteroatoms. The summed E-state index contributed by atoms with van der Waals surface area (Å²) >= 11 is 0. The summed E-state index contributed by atoms with van der Waals surface area (Å²) in [6, 6.07) is 9.63. The molecule has 2 rings (SSSR count). The van der Waals surface area contributed by atoms with Crippen LogP contribution in [-0.4, -0.2) is 62.4 Å². The molecular formula is C19H28NO7P. The second-order valence-electron chi connectivity index (χ2n) is 6.42. The summed E-state index contributed by atoms with van der Waals surface area (Å²) in [5, 5.41) is 0. The number of likely N-dealkylation sites (N-methyl/N-ethyl adjacent to an activating group) is 1. The summed E-state index contributed by atoms with van der Waals surface area (Å²) in [5.41, 5.74) is 0.936. The van der Waals surface area contributed by atoms with Crippen LogP contribution in [-0.2, 0) is 32.6 Å². The molecule has 0 unspecified atom stereocenters. The van der Waals surface area contributed by atoms with Crippen molar-refractivity contribution in [2.75, 3.05) is 27.3 Å². The fraction of sp³-hybridized carbons (Fsp3) is 0.579. The molecule has 0 radical (unpaired) electrons. The Balaban J connectivity index is 2.20. The third-order valence-electron chi connectivity index (χ3n) is 4.29. The van der Waals surface area contributed by atoms with Crippen molar-refractivity contribution in [2.24, 2.45) is 0 Å². The molecule has 0 bridgehead atoms. The molecule has 8 nitrogen and oxygen atoms in total. The topological polar surface area (TPSA) is 83.5 Å². The molecule has 4 atom stereocenters. The zero-order valence-corrected chi connectivity index (χ0v) is 17.8. The molecule has 1 aromatic carbocycles. The van der Waals surface area contributed by atoms with Gasteiger partial charge in [0.15, 0.2) is 0 Å². The van der Waals surface area contributed by atoms with Gasteiger partial charge in [-0.25, -0.2) is 9.59 Å². The number of nitrogens with zero attached hydrogens (tertiary/aromatic N) is 1. The minimum absolute atomic E-state index is 0.0141. The van der Waals surface area contributed by atoms with Crippen LogP contribution in [0.5, 0.6) is 0 Å². The summed E-state index contributed by atoms with van der Waals surface area (Å²) in [4.78, 5) is 26.4. The number of carbonyl (C=O) groups is 2. The second-order valence-corrected chi connectivity index (χ2v) is 7.50. The first-order chi connectivity index (χ1) is 13.4. The van der Waals surface area contributed by atoms with Crippen LogP contribution in [0.1, 0.15) is 32.4 Å². The van der Waals surface area contributed by atoms with E-state index in [1.165, 1.54) is 0 Å². The molecule has 1 aromatic rings. The van der Waals surface area contributed by atoms with Gasteiger partial charge in [0.25, 0.3) is 0 Å². The average molecular weight is 413 g/mol. The highest BCUT2D eigenvalue weighted by atomic mass is 31.2. The Kier molecular flexibility index (Phi) is 8.79. The Morgan fingerprint density at radius 1 is 1.04 bits per heavy atom. The Bertz CT molecular complexity index is 616. The molecule has 28 heavy (non-hydrogen) atoms. The van der Waals surface area contributed by atoms with Crippen molar-refractivity contribution < 1.29 is 32.6 Å². The van der Waals surface area contributed by atoms with E-state index >= 15 is 0 Å². The van der Waals surface area contributed by atoms with E-state index in [-0.39, 0.29) is 25.4 Å². The fourth-order valence-electron chi connectivity index (χ4n) is 2.59. The lowest BCUT2D eigenvalue weighted by molar-refractivity contribution is -0.163. The third kappa shape index (κ3) is 5.72. The Morgan fingerprint density at radius 3 is 1.96 bits per heavy atom. The number of ether oxygens (including phenoxy) is 2. The van der Waals surface area contributed by atoms with Crippen LogP contribution >= 0.6 is 8.60 Å². The molecule has 0 aliphatic carbocycles. The number of esters is 2. The van der Waals surface area contributed by atoms with Crippen molar-refractivity contribution in [1.82, 2.24) is 4.90 Å². The fourth-order valence-corrected chi connectivity index (χ4v) is 3.98. The molecule has 156 valence electrons. The molecule has 1 aliphatic heterocycles. The van der Waals surface area contributed by atoms with Crippen molar-refractivity contribution in [3.63, 3.8) is 0 Å². The van der Waals surface area contributed by atoms with Gasteiger partial charge < -0.3 is 18.9 Å². The van der Waals surface area contributed by atoms with Gasteiger partial charge in [-0.15, -0.1) is 0 Å². The molecule has 0 saturated carbocycles. The minimum atomic E-state index is -1.96. The van der Waals surface area contributed by atoms with Crippen molar-refractivity contribution >= 4 is 20.5 Å². The van der Waals surface area contributed by atoms with E-state index < -0.39 is 32.7 Å². The van der Waals surface area contributed by atoms with Crippen molar-refractivity contribution in [3.8, 4) is 0 Å². The van der Waals surface area contributed by atoms with E-state index in [0.29, 0.717) is 0 Å². The average Bonchev–Trinajstić information content (AvgIpc) is 3.11. The molecule has 0 amide bonds. The zero-order valence-electron chi connectivity index (χ0n) is 16.9. The largest absolute Gasteiger partial charge is 0.464 e. The van der Waals surface area contributed by atoms with Gasteiger partial charge >= 0.3 is 20.5 Å². The van der Waals surface area contributed by atoms with Gasteiger partial charge in [-0.05, 0) is 40.4 Å². The predicted octanol–water partition coefficient (Wildman–Crippen LogP) is 2.83. The molecule has 1 heterocycles. The van der Waals surface area contributed by atoms with E-state index in [1.54, 1.807) is 13.8 Å². The highest BCUT2D eigenvalue weighted by Gasteiger charge is 2.50. The lowest BCUT2D eigenvalue weighted by atomic mass is 10.0. The monoisotopic (exact) mass is 413 g/mol. The Hall–Kier alpha value is -1.57. The maximum absolute atomic E-state index is 12.2. The van der Waals surface area contributed by atoms with Crippen LogP contribution in [0, 0.1) is 0 Å². The SMILES string of the molecule is CCOC(=O)[C@@H]1OP(O[C@@H](c2ccccc2)[C@@H](C)N(C)C)O[C@H]1C(=O)OCC. The first-order valence-corrected chi connectivity index (χ1v) is 10.3. The first kappa shape index (κ1) is 22.7. The van der Waals surface area contributed by atoms with Crippen molar-refractivity contribution in [1.29, 1.82) is 0 Å². The highest BCUT2D eigenvalue weighted by molar-refractivity contribution is 7.42. The van der Waals surface area contributed by atoms with E-state index in [2.05, 4.69) is 0 Å². The molecule has 0 aromatic heterocycles. The van der Waals surface area contributed by atoms with Gasteiger partial charge in [0.1, 0.15) is 6.10 Å². The van der Waals surface area contributed by atoms with Gasteiger partial charge in [-0.2, -0.15) is 0 Å². The number of carbonyl (C=O) groups excluding carboxylic acids is 2. The first-order valence-electron chi connectivity index (χ1n) is 9.24. The van der Waals surface area contributed by atoms with Gasteiger partial charge in [-0.3, -0.25) is 9.05 Å². The van der Waals surface area contributed by atoms with Crippen LogP contribution < -0.4 is 0 Å². The summed E-state index contributed by atoms with van der Waals surface area (Å²) in [6.45, 7) is 5.69. The van der Waals surface area contributed by atoms with Crippen LogP contribution in [0.4, 0.5) is 0 Å². The molecule has 1 aliphatic rings.